The van der Waals surface area contributed by atoms with Crippen LogP contribution < -0.4 is 14.8 Å². The molecule has 0 bridgehead atoms. The summed E-state index contributed by atoms with van der Waals surface area (Å²) in [5, 5.41) is 3.05. The fraction of sp³-hybridized carbons (Fsp3) is 0.588. The van der Waals surface area contributed by atoms with Gasteiger partial charge in [-0.3, -0.25) is 9.69 Å². The van der Waals surface area contributed by atoms with Gasteiger partial charge in [-0.25, -0.2) is 0 Å². The van der Waals surface area contributed by atoms with Crippen molar-refractivity contribution in [1.29, 1.82) is 0 Å². The number of nitrogens with one attached hydrogen (secondary N) is 1. The van der Waals surface area contributed by atoms with Crippen LogP contribution in [0.2, 0.25) is 0 Å². The number of rotatable bonds is 6. The minimum absolute atomic E-state index is 0.103. The summed E-state index contributed by atoms with van der Waals surface area (Å²) in [6.45, 7) is 6.06. The minimum Gasteiger partial charge on any atom is -0.454 e. The zero-order valence-electron chi connectivity index (χ0n) is 13.5. The highest BCUT2D eigenvalue weighted by Crippen LogP contribution is 2.35. The highest BCUT2D eigenvalue weighted by molar-refractivity contribution is 5.75. The molecule has 1 N–H and O–H groups in total. The van der Waals surface area contributed by atoms with Crippen molar-refractivity contribution in [2.24, 2.45) is 0 Å². The summed E-state index contributed by atoms with van der Waals surface area (Å²) < 4.78 is 16.3. The molecule has 2 aliphatic heterocycles. The first kappa shape index (κ1) is 16.1. The van der Waals surface area contributed by atoms with E-state index in [-0.39, 0.29) is 18.7 Å². The van der Waals surface area contributed by atoms with Gasteiger partial charge in [0.15, 0.2) is 11.5 Å². The van der Waals surface area contributed by atoms with Crippen LogP contribution >= 0.6 is 0 Å². The molecule has 0 aliphatic carbocycles. The lowest BCUT2D eigenvalue weighted by Gasteiger charge is -2.35. The van der Waals surface area contributed by atoms with Crippen molar-refractivity contribution in [3.8, 4) is 11.5 Å². The molecule has 2 heterocycles. The van der Waals surface area contributed by atoms with Crippen molar-refractivity contribution in [3.05, 3.63) is 23.8 Å². The van der Waals surface area contributed by atoms with Gasteiger partial charge < -0.3 is 19.5 Å². The van der Waals surface area contributed by atoms with Gasteiger partial charge in [0.25, 0.3) is 0 Å². The average molecular weight is 320 g/mol. The van der Waals surface area contributed by atoms with E-state index in [0.29, 0.717) is 13.0 Å². The predicted octanol–water partition coefficient (Wildman–Crippen LogP) is 1.70. The van der Waals surface area contributed by atoms with Gasteiger partial charge in [-0.05, 0) is 24.1 Å². The predicted molar refractivity (Wildman–Crippen MR) is 85.6 cm³/mol. The number of ether oxygens (including phenoxy) is 3. The maximum absolute atomic E-state index is 11.8. The molecule has 6 nitrogen and oxygen atoms in total. The summed E-state index contributed by atoms with van der Waals surface area (Å²) in [7, 11) is 0. The van der Waals surface area contributed by atoms with Gasteiger partial charge >= 0.3 is 0 Å². The van der Waals surface area contributed by atoms with E-state index in [9.17, 15) is 4.79 Å². The van der Waals surface area contributed by atoms with Gasteiger partial charge in [-0.1, -0.05) is 13.0 Å². The lowest BCUT2D eigenvalue weighted by molar-refractivity contribution is -0.121. The van der Waals surface area contributed by atoms with Crippen LogP contribution in [0.1, 0.15) is 31.4 Å². The summed E-state index contributed by atoms with van der Waals surface area (Å²) in [6.07, 6.45) is 1.43. The fourth-order valence-corrected chi connectivity index (χ4v) is 2.99. The maximum atomic E-state index is 11.8. The smallest absolute Gasteiger partial charge is 0.231 e. The molecular weight excluding hydrogens is 296 g/mol. The first-order chi connectivity index (χ1) is 11.3. The van der Waals surface area contributed by atoms with Crippen molar-refractivity contribution in [2.75, 3.05) is 39.6 Å². The fourth-order valence-electron chi connectivity index (χ4n) is 2.99. The topological polar surface area (TPSA) is 60.0 Å². The zero-order valence-corrected chi connectivity index (χ0v) is 13.5. The van der Waals surface area contributed by atoms with Gasteiger partial charge in [0, 0.05) is 26.1 Å². The Morgan fingerprint density at radius 2 is 2.04 bits per heavy atom. The van der Waals surface area contributed by atoms with Crippen LogP contribution in [0.15, 0.2) is 18.2 Å². The van der Waals surface area contributed by atoms with E-state index in [2.05, 4.69) is 16.3 Å². The van der Waals surface area contributed by atoms with Crippen molar-refractivity contribution in [3.63, 3.8) is 0 Å². The number of hydrogen-bond donors (Lipinski definition) is 1. The summed E-state index contributed by atoms with van der Waals surface area (Å²) >= 11 is 0. The lowest BCUT2D eigenvalue weighted by atomic mass is 10.0. The van der Waals surface area contributed by atoms with E-state index in [1.165, 1.54) is 0 Å². The molecule has 23 heavy (non-hydrogen) atoms. The molecule has 0 saturated carbocycles. The highest BCUT2D eigenvalue weighted by atomic mass is 16.7. The largest absolute Gasteiger partial charge is 0.454 e. The van der Waals surface area contributed by atoms with Crippen molar-refractivity contribution in [2.45, 2.75) is 25.8 Å². The highest BCUT2D eigenvalue weighted by Gasteiger charge is 2.25. The van der Waals surface area contributed by atoms with Gasteiger partial charge in [0.05, 0.1) is 19.3 Å². The molecule has 0 radical (unpaired) electrons. The average Bonchev–Trinajstić information content (AvgIpc) is 3.04. The lowest BCUT2D eigenvalue weighted by Crippen LogP contribution is -2.43. The van der Waals surface area contributed by atoms with Crippen LogP contribution in [0.5, 0.6) is 11.5 Å². The quantitative estimate of drug-likeness (QED) is 0.864. The number of carbonyl (C=O) groups is 1. The molecule has 0 aromatic heterocycles. The molecule has 0 spiro atoms. The number of fused-ring (bicyclic) bond motifs is 1. The Morgan fingerprint density at radius 3 is 2.83 bits per heavy atom. The van der Waals surface area contributed by atoms with Gasteiger partial charge in [-0.2, -0.15) is 0 Å². The number of hydrogen-bond acceptors (Lipinski definition) is 5. The molecule has 3 rings (SSSR count). The van der Waals surface area contributed by atoms with E-state index in [4.69, 9.17) is 14.2 Å². The molecule has 1 saturated heterocycles. The Hall–Kier alpha value is -1.79. The number of carbonyl (C=O) groups excluding carboxylic acids is 1. The van der Waals surface area contributed by atoms with E-state index in [0.717, 1.165) is 49.8 Å². The van der Waals surface area contributed by atoms with Crippen LogP contribution in [0.25, 0.3) is 0 Å². The number of nitrogens with zero attached hydrogens (tertiary/aromatic N) is 1. The molecule has 1 aromatic carbocycles. The first-order valence-electron chi connectivity index (χ1n) is 8.26. The van der Waals surface area contributed by atoms with E-state index in [1.54, 1.807) is 0 Å². The van der Waals surface area contributed by atoms with Crippen molar-refractivity contribution >= 4 is 5.91 Å². The van der Waals surface area contributed by atoms with Crippen molar-refractivity contribution in [1.82, 2.24) is 10.2 Å². The van der Waals surface area contributed by atoms with Gasteiger partial charge in [0.1, 0.15) is 0 Å². The Morgan fingerprint density at radius 1 is 1.26 bits per heavy atom. The SMILES string of the molecule is CCCC(=O)NCC(c1ccc2c(c1)OCO2)N1CCOCC1. The molecule has 1 amide bonds. The molecule has 1 fully saturated rings. The summed E-state index contributed by atoms with van der Waals surface area (Å²) in [5.74, 6) is 1.66. The molecule has 1 atom stereocenters. The van der Waals surface area contributed by atoms with Crippen LogP contribution in [0, 0.1) is 0 Å². The molecule has 2 aliphatic rings. The van der Waals surface area contributed by atoms with E-state index >= 15 is 0 Å². The standard InChI is InChI=1S/C17H24N2O4/c1-2-3-17(20)18-11-14(19-6-8-21-9-7-19)13-4-5-15-16(10-13)23-12-22-15/h4-5,10,14H,2-3,6-9,11-12H2,1H3,(H,18,20). The normalized spacial score (nSPS) is 18.7. The van der Waals surface area contributed by atoms with Gasteiger partial charge in [0.2, 0.25) is 12.7 Å². The molecule has 1 aromatic rings. The van der Waals surface area contributed by atoms with Crippen LogP contribution in [-0.4, -0.2) is 50.4 Å². The summed E-state index contributed by atoms with van der Waals surface area (Å²) in [6, 6.07) is 6.14. The third-order valence-electron chi connectivity index (χ3n) is 4.24. The molecule has 1 unspecified atom stereocenters. The number of amides is 1. The Kier molecular flexibility index (Phi) is 5.35. The monoisotopic (exact) mass is 320 g/mol. The second-order valence-electron chi connectivity index (χ2n) is 5.83. The van der Waals surface area contributed by atoms with E-state index < -0.39 is 0 Å². The molecule has 6 heteroatoms. The Balaban J connectivity index is 1.75. The third-order valence-corrected chi connectivity index (χ3v) is 4.24. The second-order valence-corrected chi connectivity index (χ2v) is 5.83. The first-order valence-corrected chi connectivity index (χ1v) is 8.26. The van der Waals surface area contributed by atoms with E-state index in [1.807, 2.05) is 19.1 Å². The van der Waals surface area contributed by atoms with Crippen LogP contribution in [-0.2, 0) is 9.53 Å². The Bertz CT molecular complexity index is 543. The van der Waals surface area contributed by atoms with Crippen LogP contribution in [0.3, 0.4) is 0 Å². The molecule has 126 valence electrons. The number of benzene rings is 1. The minimum atomic E-state index is 0.103. The van der Waals surface area contributed by atoms with Crippen LogP contribution in [0.4, 0.5) is 0 Å². The van der Waals surface area contributed by atoms with Gasteiger partial charge in [-0.15, -0.1) is 0 Å². The third kappa shape index (κ3) is 3.95. The second kappa shape index (κ2) is 7.66. The maximum Gasteiger partial charge on any atom is 0.231 e. The van der Waals surface area contributed by atoms with Crippen molar-refractivity contribution < 1.29 is 19.0 Å². The summed E-state index contributed by atoms with van der Waals surface area (Å²) in [5.41, 5.74) is 1.13. The zero-order chi connectivity index (χ0) is 16.1. The number of morpholine rings is 1. The Labute approximate surface area is 136 Å². The molecular formula is C17H24N2O4. The summed E-state index contributed by atoms with van der Waals surface area (Å²) in [4.78, 5) is 14.2.